The van der Waals surface area contributed by atoms with Crippen LogP contribution in [-0.4, -0.2) is 14.9 Å². The van der Waals surface area contributed by atoms with E-state index in [4.69, 9.17) is 4.43 Å². The van der Waals surface area contributed by atoms with Crippen LogP contribution in [0.15, 0.2) is 176 Å². The summed E-state index contributed by atoms with van der Waals surface area (Å²) in [5.41, 5.74) is 14.0. The van der Waals surface area contributed by atoms with E-state index in [1.807, 2.05) is 0 Å². The molecule has 5 heteroatoms. The first-order chi connectivity index (χ1) is 25.2. The number of fused-ring (bicyclic) bond motifs is 6. The van der Waals surface area contributed by atoms with E-state index in [1.54, 1.807) is 0 Å². The molecule has 0 aromatic heterocycles. The fourth-order valence-corrected chi connectivity index (χ4v) is 13.2. The zero-order chi connectivity index (χ0) is 34.3. The predicted octanol–water partition coefficient (Wildman–Crippen LogP) is 3.60. The molecule has 0 bridgehead atoms. The molecule has 2 aliphatic rings. The molecule has 0 saturated carbocycles. The van der Waals surface area contributed by atoms with E-state index < -0.39 is 8.32 Å². The first-order valence-corrected chi connectivity index (χ1v) is 20.4. The molecule has 2 aliphatic carbocycles. The van der Waals surface area contributed by atoms with Crippen LogP contribution < -0.4 is 40.4 Å². The van der Waals surface area contributed by atoms with Crippen molar-refractivity contribution in [3.63, 3.8) is 0 Å². The van der Waals surface area contributed by atoms with Gasteiger partial charge in [-0.2, -0.15) is 0 Å². The molecule has 0 heterocycles. The van der Waals surface area contributed by atoms with Gasteiger partial charge < -0.3 is 29.2 Å². The Hall–Kier alpha value is -3.82. The van der Waals surface area contributed by atoms with Crippen LogP contribution in [-0.2, 0) is 48.9 Å². The maximum atomic E-state index is 7.69. The van der Waals surface area contributed by atoms with E-state index in [-0.39, 0.29) is 56.4 Å². The largest absolute Gasteiger partial charge is 2.00 e. The quantitative estimate of drug-likeness (QED) is 0.151. The Bertz CT molecular complexity index is 2150. The van der Waals surface area contributed by atoms with E-state index in [0.29, 0.717) is 6.61 Å². The predicted molar refractivity (Wildman–Crippen MR) is 215 cm³/mol. The summed E-state index contributed by atoms with van der Waals surface area (Å²) in [5, 5.41) is 3.82. The number of hydrogen-bond donors (Lipinski definition) is 0. The molecule has 0 unspecified atom stereocenters. The smallest absolute Gasteiger partial charge is 1.00 e. The summed E-state index contributed by atoms with van der Waals surface area (Å²) in [6.45, 7) is 3.03. The molecule has 0 atom stereocenters. The number of halogens is 2. The normalized spacial score (nSPS) is 12.2. The SMILES string of the molecule is CCC(CCO[Si](c1ccccc1)(c1ccccc1)c1ccccc1)(c1cccc2c1Cc1ccccc1-2)c1cccc2c1Cc1ccccc1-2.[Cl-].[Cl-].[Zr+2]. The topological polar surface area (TPSA) is 9.23 Å². The van der Waals surface area contributed by atoms with E-state index in [9.17, 15) is 0 Å². The summed E-state index contributed by atoms with van der Waals surface area (Å²) in [5.74, 6) is 0. The first-order valence-electron chi connectivity index (χ1n) is 18.4. The summed E-state index contributed by atoms with van der Waals surface area (Å²) in [6, 6.07) is 65.1. The van der Waals surface area contributed by atoms with E-state index >= 15 is 0 Å². The van der Waals surface area contributed by atoms with Crippen molar-refractivity contribution in [2.45, 2.75) is 38.0 Å². The van der Waals surface area contributed by atoms with Gasteiger partial charge in [-0.1, -0.05) is 183 Å². The number of rotatable bonds is 10. The van der Waals surface area contributed by atoms with Crippen LogP contribution in [0.25, 0.3) is 22.3 Å². The van der Waals surface area contributed by atoms with Gasteiger partial charge in [0.25, 0.3) is 8.32 Å². The van der Waals surface area contributed by atoms with E-state index in [2.05, 4.69) is 183 Å². The molecule has 0 fully saturated rings. The van der Waals surface area contributed by atoms with Crippen molar-refractivity contribution >= 4 is 23.9 Å². The maximum absolute atomic E-state index is 7.69. The molecule has 0 saturated heterocycles. The van der Waals surface area contributed by atoms with Gasteiger partial charge in [-0.25, -0.2) is 0 Å². The van der Waals surface area contributed by atoms with Crippen LogP contribution in [0.1, 0.15) is 53.1 Å². The van der Waals surface area contributed by atoms with Gasteiger partial charge in [0, 0.05) is 12.0 Å². The molecule has 7 aromatic carbocycles. The van der Waals surface area contributed by atoms with Crippen LogP contribution in [0.2, 0.25) is 0 Å². The minimum absolute atomic E-state index is 0. The van der Waals surface area contributed by atoms with Crippen molar-refractivity contribution in [1.82, 2.24) is 0 Å². The zero-order valence-electron chi connectivity index (χ0n) is 30.4. The summed E-state index contributed by atoms with van der Waals surface area (Å²) < 4.78 is 7.69. The summed E-state index contributed by atoms with van der Waals surface area (Å²) in [4.78, 5) is 0. The summed E-state index contributed by atoms with van der Waals surface area (Å²) >= 11 is 0. The monoisotopic (exact) mass is 834 g/mol. The van der Waals surface area contributed by atoms with Gasteiger partial charge in [0.1, 0.15) is 0 Å². The third kappa shape index (κ3) is 6.63. The molecule has 7 aromatic rings. The third-order valence-electron chi connectivity index (χ3n) is 11.7. The Morgan fingerprint density at radius 1 is 0.463 bits per heavy atom. The Morgan fingerprint density at radius 3 is 1.24 bits per heavy atom. The zero-order valence-corrected chi connectivity index (χ0v) is 35.4. The third-order valence-corrected chi connectivity index (χ3v) is 15.8. The van der Waals surface area contributed by atoms with Gasteiger partial charge in [-0.05, 0) is 96.9 Å². The van der Waals surface area contributed by atoms with Crippen molar-refractivity contribution < 1.29 is 55.4 Å². The molecule has 0 radical (unpaired) electrons. The van der Waals surface area contributed by atoms with Crippen LogP contribution in [0.3, 0.4) is 0 Å². The molecule has 1 nitrogen and oxygen atoms in total. The molecule has 0 aliphatic heterocycles. The second kappa shape index (κ2) is 16.9. The minimum Gasteiger partial charge on any atom is -1.00 e. The fourth-order valence-electron chi connectivity index (χ4n) is 9.33. The Morgan fingerprint density at radius 2 is 0.833 bits per heavy atom. The van der Waals surface area contributed by atoms with Crippen molar-refractivity contribution in [1.29, 1.82) is 0 Å². The van der Waals surface area contributed by atoms with Gasteiger partial charge in [0.15, 0.2) is 0 Å². The molecular formula is C49H42Cl2OSiZr. The van der Waals surface area contributed by atoms with E-state index in [1.165, 1.54) is 71.2 Å². The Balaban J connectivity index is 0.00000166. The number of benzene rings is 7. The standard InChI is InChI=1S/C49H42OSi.2ClH.Zr/c1-2-49(47-30-16-28-43-41-26-14-12-18-36(41)34-45(43)47,48-31-17-29-44-42-27-15-13-19-37(42)35-46(44)48)32-33-50-51(38-20-6-3-7-21-38,39-22-8-4-9-23-39)40-24-10-5-11-25-40;;;/h3-31H,2,32-35H2,1H3;2*1H;/q;;;+2/p-2. The fraction of sp³-hybridized carbons (Fsp3) is 0.143. The van der Waals surface area contributed by atoms with Crippen LogP contribution in [0.4, 0.5) is 0 Å². The molecule has 0 spiro atoms. The van der Waals surface area contributed by atoms with Crippen molar-refractivity contribution in [2.75, 3.05) is 6.61 Å². The first kappa shape index (κ1) is 39.9. The number of hydrogen-bond acceptors (Lipinski definition) is 1. The van der Waals surface area contributed by atoms with Gasteiger partial charge in [0.05, 0.1) is 0 Å². The van der Waals surface area contributed by atoms with Crippen LogP contribution >= 0.6 is 0 Å². The molecule has 9 rings (SSSR count). The minimum atomic E-state index is -2.88. The molecular weight excluding hydrogens is 795 g/mol. The summed E-state index contributed by atoms with van der Waals surface area (Å²) in [7, 11) is -2.88. The van der Waals surface area contributed by atoms with E-state index in [0.717, 1.165) is 25.7 Å². The van der Waals surface area contributed by atoms with Gasteiger partial charge in [0.2, 0.25) is 0 Å². The molecule has 54 heavy (non-hydrogen) atoms. The Kier molecular flexibility index (Phi) is 12.5. The second-order valence-corrected chi connectivity index (χ2v) is 17.5. The Labute approximate surface area is 352 Å². The molecule has 266 valence electrons. The van der Waals surface area contributed by atoms with Crippen molar-refractivity contribution in [3.05, 3.63) is 209 Å². The summed E-state index contributed by atoms with van der Waals surface area (Å²) in [6.07, 6.45) is 3.80. The van der Waals surface area contributed by atoms with Gasteiger partial charge >= 0.3 is 26.2 Å². The van der Waals surface area contributed by atoms with Crippen molar-refractivity contribution in [2.24, 2.45) is 0 Å². The van der Waals surface area contributed by atoms with Crippen molar-refractivity contribution in [3.8, 4) is 22.3 Å². The molecule has 0 amide bonds. The average Bonchev–Trinajstić information content (AvgIpc) is 3.78. The van der Waals surface area contributed by atoms with Gasteiger partial charge in [-0.15, -0.1) is 0 Å². The average molecular weight is 837 g/mol. The van der Waals surface area contributed by atoms with Gasteiger partial charge in [-0.3, -0.25) is 0 Å². The molecule has 0 N–H and O–H groups in total. The van der Waals surface area contributed by atoms with Crippen LogP contribution in [0, 0.1) is 0 Å². The maximum Gasteiger partial charge on any atom is 2.00 e. The van der Waals surface area contributed by atoms with Crippen LogP contribution in [0.5, 0.6) is 0 Å². The second-order valence-electron chi connectivity index (χ2n) is 14.1.